The molecule has 1 aliphatic heterocycles. The van der Waals surface area contributed by atoms with Crippen LogP contribution in [0.4, 0.5) is 4.79 Å². The van der Waals surface area contributed by atoms with Gasteiger partial charge in [-0.1, -0.05) is 13.3 Å². The Morgan fingerprint density at radius 1 is 1.12 bits per heavy atom. The molecule has 3 atom stereocenters. The molecule has 0 bridgehead atoms. The first kappa shape index (κ1) is 20.7. The topological polar surface area (TPSA) is 59.1 Å². The van der Waals surface area contributed by atoms with Gasteiger partial charge in [-0.25, -0.2) is 4.79 Å². The smallest absolute Gasteiger partial charge is 0.410 e. The maximum Gasteiger partial charge on any atom is 0.410 e. The van der Waals surface area contributed by atoms with E-state index in [0.717, 1.165) is 12.8 Å². The van der Waals surface area contributed by atoms with E-state index < -0.39 is 11.7 Å². The van der Waals surface area contributed by atoms with Crippen LogP contribution in [-0.2, 0) is 14.3 Å². The molecule has 0 spiro atoms. The molecule has 1 saturated heterocycles. The summed E-state index contributed by atoms with van der Waals surface area (Å²) in [6.07, 6.45) is 1.24. The largest absolute Gasteiger partial charge is 0.444 e. The van der Waals surface area contributed by atoms with Gasteiger partial charge >= 0.3 is 6.09 Å². The summed E-state index contributed by atoms with van der Waals surface area (Å²) in [5.41, 5.74) is -0.519. The van der Waals surface area contributed by atoms with Crippen LogP contribution in [0.3, 0.4) is 0 Å². The fraction of sp³-hybridized carbons (Fsp3) is 0.889. The summed E-state index contributed by atoms with van der Waals surface area (Å²) < 4.78 is 11.1. The number of carbonyl (C=O) groups excluding carboxylic acids is 2. The molecule has 0 aromatic carbocycles. The molecule has 6 heteroatoms. The molecule has 0 aromatic heterocycles. The second-order valence-electron chi connectivity index (χ2n) is 7.69. The van der Waals surface area contributed by atoms with Gasteiger partial charge in [0.25, 0.3) is 5.91 Å². The second kappa shape index (κ2) is 8.70. The van der Waals surface area contributed by atoms with E-state index in [1.165, 1.54) is 0 Å². The minimum atomic E-state index is -0.519. The molecule has 0 saturated carbocycles. The molecule has 1 rings (SSSR count). The first-order valence-electron chi connectivity index (χ1n) is 8.98. The number of carbonyl (C=O) groups is 2. The Hall–Kier alpha value is -1.30. The molecule has 2 amide bonds. The zero-order valence-electron chi connectivity index (χ0n) is 16.3. The van der Waals surface area contributed by atoms with Crippen LogP contribution >= 0.6 is 0 Å². The average Bonchev–Trinajstić information content (AvgIpc) is 2.46. The zero-order chi connectivity index (χ0) is 18.5. The van der Waals surface area contributed by atoms with E-state index in [4.69, 9.17) is 9.47 Å². The van der Waals surface area contributed by atoms with Crippen LogP contribution < -0.4 is 0 Å². The summed E-state index contributed by atoms with van der Waals surface area (Å²) in [7, 11) is 0. The van der Waals surface area contributed by atoms with Crippen molar-refractivity contribution in [3.05, 3.63) is 0 Å². The van der Waals surface area contributed by atoms with Gasteiger partial charge in [-0.2, -0.15) is 0 Å². The van der Waals surface area contributed by atoms with E-state index in [1.54, 1.807) is 11.8 Å². The first-order valence-corrected chi connectivity index (χ1v) is 8.98. The monoisotopic (exact) mass is 342 g/mol. The number of piperazine rings is 1. The SMILES string of the molecule is CCCCO[C@H](C)C(=O)N1C[C@@H](C)N(C(=O)OC(C)(C)C)C[C@@H]1C. The van der Waals surface area contributed by atoms with Gasteiger partial charge in [0.2, 0.25) is 0 Å². The van der Waals surface area contributed by atoms with Gasteiger partial charge in [0, 0.05) is 31.8 Å². The Morgan fingerprint density at radius 2 is 1.67 bits per heavy atom. The predicted molar refractivity (Wildman–Crippen MR) is 93.9 cm³/mol. The average molecular weight is 342 g/mol. The van der Waals surface area contributed by atoms with E-state index in [1.807, 2.05) is 39.5 Å². The number of hydrogen-bond donors (Lipinski definition) is 0. The van der Waals surface area contributed by atoms with Crippen molar-refractivity contribution in [2.45, 2.75) is 85.1 Å². The Bertz CT molecular complexity index is 433. The van der Waals surface area contributed by atoms with Gasteiger partial charge in [-0.15, -0.1) is 0 Å². The molecule has 1 fully saturated rings. The molecule has 0 unspecified atom stereocenters. The van der Waals surface area contributed by atoms with Crippen molar-refractivity contribution < 1.29 is 19.1 Å². The van der Waals surface area contributed by atoms with Gasteiger partial charge in [0.1, 0.15) is 11.7 Å². The third-order valence-electron chi connectivity index (χ3n) is 4.11. The molecule has 1 aliphatic rings. The van der Waals surface area contributed by atoms with E-state index >= 15 is 0 Å². The van der Waals surface area contributed by atoms with Crippen LogP contribution in [0.1, 0.15) is 61.3 Å². The molecule has 1 heterocycles. The van der Waals surface area contributed by atoms with Crippen molar-refractivity contribution >= 4 is 12.0 Å². The fourth-order valence-electron chi connectivity index (χ4n) is 2.72. The van der Waals surface area contributed by atoms with Gasteiger partial charge in [-0.3, -0.25) is 4.79 Å². The third-order valence-corrected chi connectivity index (χ3v) is 4.11. The van der Waals surface area contributed by atoms with Crippen LogP contribution in [0.5, 0.6) is 0 Å². The quantitative estimate of drug-likeness (QED) is 0.721. The lowest BCUT2D eigenvalue weighted by Crippen LogP contribution is -2.61. The van der Waals surface area contributed by atoms with E-state index in [0.29, 0.717) is 19.7 Å². The Morgan fingerprint density at radius 3 is 2.21 bits per heavy atom. The van der Waals surface area contributed by atoms with Gasteiger partial charge in [0.05, 0.1) is 0 Å². The van der Waals surface area contributed by atoms with Gasteiger partial charge in [-0.05, 0) is 48.0 Å². The standard InChI is InChI=1S/C18H34N2O4/c1-8-9-10-23-15(4)16(21)19-11-14(3)20(12-13(19)2)17(22)24-18(5,6)7/h13-15H,8-12H2,1-7H3/t13-,14+,15+/m0/s1. The van der Waals surface area contributed by atoms with Crippen LogP contribution in [0.15, 0.2) is 0 Å². The van der Waals surface area contributed by atoms with Crippen LogP contribution in [0.25, 0.3) is 0 Å². The zero-order valence-corrected chi connectivity index (χ0v) is 16.3. The molecule has 24 heavy (non-hydrogen) atoms. The summed E-state index contributed by atoms with van der Waals surface area (Å²) in [5.74, 6) is -0.00529. The van der Waals surface area contributed by atoms with Crippen LogP contribution in [0.2, 0.25) is 0 Å². The van der Waals surface area contributed by atoms with Crippen molar-refractivity contribution in [3.8, 4) is 0 Å². The number of rotatable bonds is 5. The Balaban J connectivity index is 2.64. The van der Waals surface area contributed by atoms with Crippen molar-refractivity contribution in [3.63, 3.8) is 0 Å². The minimum absolute atomic E-state index is 0.00529. The Kier molecular flexibility index (Phi) is 7.52. The van der Waals surface area contributed by atoms with Crippen LogP contribution in [0, 0.1) is 0 Å². The highest BCUT2D eigenvalue weighted by Crippen LogP contribution is 2.20. The summed E-state index contributed by atoms with van der Waals surface area (Å²) in [6, 6.07) is -0.138. The minimum Gasteiger partial charge on any atom is -0.444 e. The molecular formula is C18H34N2O4. The van der Waals surface area contributed by atoms with Crippen molar-refractivity contribution in [1.29, 1.82) is 0 Å². The number of hydrogen-bond acceptors (Lipinski definition) is 4. The lowest BCUT2D eigenvalue weighted by Gasteiger charge is -2.44. The van der Waals surface area contributed by atoms with Gasteiger partial charge in [0.15, 0.2) is 0 Å². The lowest BCUT2D eigenvalue weighted by atomic mass is 10.1. The summed E-state index contributed by atoms with van der Waals surface area (Å²) in [6.45, 7) is 14.9. The molecule has 0 aliphatic carbocycles. The van der Waals surface area contributed by atoms with Crippen molar-refractivity contribution in [2.24, 2.45) is 0 Å². The highest BCUT2D eigenvalue weighted by atomic mass is 16.6. The summed E-state index contributed by atoms with van der Waals surface area (Å²) in [4.78, 5) is 28.5. The fourth-order valence-corrected chi connectivity index (χ4v) is 2.72. The Labute approximate surface area is 146 Å². The number of amides is 2. The first-order chi connectivity index (χ1) is 11.1. The maximum absolute atomic E-state index is 12.6. The van der Waals surface area contributed by atoms with E-state index in [9.17, 15) is 9.59 Å². The molecular weight excluding hydrogens is 308 g/mol. The number of ether oxygens (including phenoxy) is 2. The summed E-state index contributed by atoms with van der Waals surface area (Å²) >= 11 is 0. The second-order valence-corrected chi connectivity index (χ2v) is 7.69. The molecule has 6 nitrogen and oxygen atoms in total. The third kappa shape index (κ3) is 5.96. The molecule has 0 aromatic rings. The van der Waals surface area contributed by atoms with Crippen molar-refractivity contribution in [2.75, 3.05) is 19.7 Å². The van der Waals surface area contributed by atoms with Crippen LogP contribution in [-0.4, -0.2) is 65.3 Å². The maximum atomic E-state index is 12.6. The molecule has 140 valence electrons. The van der Waals surface area contributed by atoms with Gasteiger partial charge < -0.3 is 19.3 Å². The van der Waals surface area contributed by atoms with E-state index in [2.05, 4.69) is 6.92 Å². The molecule has 0 N–H and O–H groups in total. The normalized spacial score (nSPS) is 23.1. The lowest BCUT2D eigenvalue weighted by molar-refractivity contribution is -0.148. The number of unbranched alkanes of at least 4 members (excludes halogenated alkanes) is 1. The summed E-state index contributed by atoms with van der Waals surface area (Å²) in [5, 5.41) is 0. The number of nitrogens with zero attached hydrogens (tertiary/aromatic N) is 2. The van der Waals surface area contributed by atoms with Crippen molar-refractivity contribution in [1.82, 2.24) is 9.80 Å². The molecule has 0 radical (unpaired) electrons. The highest BCUT2D eigenvalue weighted by molar-refractivity contribution is 5.81. The van der Waals surface area contributed by atoms with E-state index in [-0.39, 0.29) is 24.1 Å². The predicted octanol–water partition coefficient (Wildman–Crippen LogP) is 3.05. The highest BCUT2D eigenvalue weighted by Gasteiger charge is 2.37.